The number of hydrogen-bond acceptors (Lipinski definition) is 5. The molecule has 0 bridgehead atoms. The topological polar surface area (TPSA) is 53.1 Å². The molecule has 2 heterocycles. The fraction of sp³-hybridized carbons (Fsp3) is 0.444. The van der Waals surface area contributed by atoms with E-state index in [4.69, 9.17) is 4.74 Å². The molecule has 0 aliphatic carbocycles. The summed E-state index contributed by atoms with van der Waals surface area (Å²) in [5.41, 5.74) is 1.21. The van der Waals surface area contributed by atoms with Crippen LogP contribution in [0.25, 0.3) is 6.08 Å². The average Bonchev–Trinajstić information content (AvgIpc) is 3.04. The van der Waals surface area contributed by atoms with Gasteiger partial charge in [0, 0.05) is 32.7 Å². The predicted molar refractivity (Wildman–Crippen MR) is 91.4 cm³/mol. The summed E-state index contributed by atoms with van der Waals surface area (Å²) in [5.74, 6) is -0.157. The van der Waals surface area contributed by atoms with Crippen molar-refractivity contribution in [2.24, 2.45) is 0 Å². The number of piperazine rings is 1. The summed E-state index contributed by atoms with van der Waals surface area (Å²) in [6.45, 7) is 5.43. The SMILES string of the molecule is O=C(CN1CCN(C/C=C/c2ccccc2)CC1)N1CCOC1=O. The lowest BCUT2D eigenvalue weighted by Gasteiger charge is -2.34. The number of ether oxygens (including phenoxy) is 1. The molecule has 3 rings (SSSR count). The summed E-state index contributed by atoms with van der Waals surface area (Å²) in [7, 11) is 0. The third-order valence-corrected chi connectivity index (χ3v) is 4.36. The van der Waals surface area contributed by atoms with Crippen molar-refractivity contribution in [3.63, 3.8) is 0 Å². The highest BCUT2D eigenvalue weighted by molar-refractivity contribution is 5.94. The van der Waals surface area contributed by atoms with E-state index in [9.17, 15) is 9.59 Å². The molecule has 6 heteroatoms. The lowest BCUT2D eigenvalue weighted by Crippen LogP contribution is -2.50. The van der Waals surface area contributed by atoms with Crippen LogP contribution in [0.15, 0.2) is 36.4 Å². The Balaban J connectivity index is 1.39. The van der Waals surface area contributed by atoms with Gasteiger partial charge in [-0.15, -0.1) is 0 Å². The normalized spacial score (nSPS) is 19.8. The van der Waals surface area contributed by atoms with Crippen LogP contribution in [0.4, 0.5) is 4.79 Å². The van der Waals surface area contributed by atoms with Gasteiger partial charge in [0.05, 0.1) is 13.1 Å². The van der Waals surface area contributed by atoms with Crippen LogP contribution in [-0.4, -0.2) is 79.1 Å². The molecule has 1 aromatic carbocycles. The number of imide groups is 1. The monoisotopic (exact) mass is 329 g/mol. The van der Waals surface area contributed by atoms with Gasteiger partial charge in [0.1, 0.15) is 6.61 Å². The highest BCUT2D eigenvalue weighted by Crippen LogP contribution is 2.08. The molecule has 2 amide bonds. The van der Waals surface area contributed by atoms with Gasteiger partial charge >= 0.3 is 6.09 Å². The first-order valence-electron chi connectivity index (χ1n) is 8.36. The quantitative estimate of drug-likeness (QED) is 0.815. The Morgan fingerprint density at radius 2 is 1.75 bits per heavy atom. The van der Waals surface area contributed by atoms with Crippen molar-refractivity contribution in [2.75, 3.05) is 52.4 Å². The molecule has 0 aromatic heterocycles. The molecular formula is C18H23N3O3. The molecule has 2 saturated heterocycles. The molecule has 2 aliphatic heterocycles. The second-order valence-corrected chi connectivity index (χ2v) is 6.05. The lowest BCUT2D eigenvalue weighted by atomic mass is 10.2. The van der Waals surface area contributed by atoms with Crippen molar-refractivity contribution in [3.8, 4) is 0 Å². The first-order chi connectivity index (χ1) is 11.7. The van der Waals surface area contributed by atoms with E-state index in [1.807, 2.05) is 18.2 Å². The number of rotatable bonds is 5. The van der Waals surface area contributed by atoms with Gasteiger partial charge in [-0.1, -0.05) is 42.5 Å². The Labute approximate surface area is 142 Å². The van der Waals surface area contributed by atoms with Crippen LogP contribution >= 0.6 is 0 Å². The maximum atomic E-state index is 12.1. The fourth-order valence-corrected chi connectivity index (χ4v) is 2.93. The number of nitrogens with zero attached hydrogens (tertiary/aromatic N) is 3. The van der Waals surface area contributed by atoms with Crippen LogP contribution < -0.4 is 0 Å². The molecule has 2 fully saturated rings. The highest BCUT2D eigenvalue weighted by atomic mass is 16.6. The zero-order valence-electron chi connectivity index (χ0n) is 13.8. The number of amides is 2. The van der Waals surface area contributed by atoms with E-state index in [0.717, 1.165) is 32.7 Å². The van der Waals surface area contributed by atoms with Gasteiger partial charge in [0.15, 0.2) is 0 Å². The number of hydrogen-bond donors (Lipinski definition) is 0. The first-order valence-corrected chi connectivity index (χ1v) is 8.36. The van der Waals surface area contributed by atoms with Gasteiger partial charge in [0.25, 0.3) is 0 Å². The Hall–Kier alpha value is -2.18. The molecule has 6 nitrogen and oxygen atoms in total. The molecule has 0 spiro atoms. The minimum atomic E-state index is -0.510. The molecule has 0 N–H and O–H groups in total. The largest absolute Gasteiger partial charge is 0.447 e. The van der Waals surface area contributed by atoms with E-state index in [1.165, 1.54) is 10.5 Å². The summed E-state index contributed by atoms with van der Waals surface area (Å²) in [4.78, 5) is 29.2. The van der Waals surface area contributed by atoms with Crippen LogP contribution in [0.2, 0.25) is 0 Å². The van der Waals surface area contributed by atoms with E-state index in [1.54, 1.807) is 0 Å². The summed E-state index contributed by atoms with van der Waals surface area (Å²) in [6, 6.07) is 10.3. The summed E-state index contributed by atoms with van der Waals surface area (Å²) >= 11 is 0. The Kier molecular flexibility index (Phi) is 5.61. The molecule has 0 radical (unpaired) electrons. The number of benzene rings is 1. The van der Waals surface area contributed by atoms with Crippen LogP contribution in [0.1, 0.15) is 5.56 Å². The fourth-order valence-electron chi connectivity index (χ4n) is 2.93. The van der Waals surface area contributed by atoms with Crippen molar-refractivity contribution in [1.82, 2.24) is 14.7 Å². The molecule has 24 heavy (non-hydrogen) atoms. The van der Waals surface area contributed by atoms with Crippen molar-refractivity contribution in [1.29, 1.82) is 0 Å². The van der Waals surface area contributed by atoms with E-state index >= 15 is 0 Å². The third-order valence-electron chi connectivity index (χ3n) is 4.36. The van der Waals surface area contributed by atoms with Gasteiger partial charge in [-0.25, -0.2) is 9.69 Å². The van der Waals surface area contributed by atoms with Crippen LogP contribution in [0.5, 0.6) is 0 Å². The smallest absolute Gasteiger partial charge is 0.416 e. The number of carbonyl (C=O) groups is 2. The van der Waals surface area contributed by atoms with E-state index in [-0.39, 0.29) is 5.91 Å². The molecule has 128 valence electrons. The number of cyclic esters (lactones) is 1. The Morgan fingerprint density at radius 1 is 1.04 bits per heavy atom. The molecular weight excluding hydrogens is 306 g/mol. The van der Waals surface area contributed by atoms with Crippen LogP contribution in [0, 0.1) is 0 Å². The zero-order valence-corrected chi connectivity index (χ0v) is 13.8. The maximum Gasteiger partial charge on any atom is 0.416 e. The van der Waals surface area contributed by atoms with Crippen LogP contribution in [-0.2, 0) is 9.53 Å². The maximum absolute atomic E-state index is 12.1. The first kappa shape index (κ1) is 16.7. The van der Waals surface area contributed by atoms with Gasteiger partial charge in [-0.3, -0.25) is 14.6 Å². The second kappa shape index (κ2) is 8.08. The molecule has 0 unspecified atom stereocenters. The van der Waals surface area contributed by atoms with Crippen LogP contribution in [0.3, 0.4) is 0 Å². The van der Waals surface area contributed by atoms with Crippen molar-refractivity contribution in [2.45, 2.75) is 0 Å². The van der Waals surface area contributed by atoms with Crippen molar-refractivity contribution < 1.29 is 14.3 Å². The third kappa shape index (κ3) is 4.43. The van der Waals surface area contributed by atoms with Crippen molar-refractivity contribution in [3.05, 3.63) is 42.0 Å². The van der Waals surface area contributed by atoms with Crippen molar-refractivity contribution >= 4 is 18.1 Å². The van der Waals surface area contributed by atoms with E-state index in [0.29, 0.717) is 19.7 Å². The summed E-state index contributed by atoms with van der Waals surface area (Å²) in [5, 5.41) is 0. The molecule has 0 atom stereocenters. The Bertz CT molecular complexity index is 595. The molecule has 1 aromatic rings. The molecule has 0 saturated carbocycles. The summed E-state index contributed by atoms with van der Waals surface area (Å²) < 4.78 is 4.81. The second-order valence-electron chi connectivity index (χ2n) is 6.05. The van der Waals surface area contributed by atoms with Gasteiger partial charge in [-0.05, 0) is 5.56 Å². The minimum absolute atomic E-state index is 0.157. The number of carbonyl (C=O) groups excluding carboxylic acids is 2. The average molecular weight is 329 g/mol. The van der Waals surface area contributed by atoms with Gasteiger partial charge in [0.2, 0.25) is 5.91 Å². The van der Waals surface area contributed by atoms with E-state index < -0.39 is 6.09 Å². The highest BCUT2D eigenvalue weighted by Gasteiger charge is 2.30. The van der Waals surface area contributed by atoms with Gasteiger partial charge < -0.3 is 4.74 Å². The van der Waals surface area contributed by atoms with E-state index in [2.05, 4.69) is 34.1 Å². The standard InChI is InChI=1S/C18H23N3O3/c22-17(21-13-14-24-18(21)23)15-20-11-9-19(10-12-20)8-4-7-16-5-2-1-3-6-16/h1-7H,8-15H2/b7-4+. The predicted octanol–water partition coefficient (Wildman–Crippen LogP) is 1.30. The minimum Gasteiger partial charge on any atom is -0.447 e. The Morgan fingerprint density at radius 3 is 2.42 bits per heavy atom. The zero-order chi connectivity index (χ0) is 16.8. The van der Waals surface area contributed by atoms with Gasteiger partial charge in [-0.2, -0.15) is 0 Å². The lowest BCUT2D eigenvalue weighted by molar-refractivity contribution is -0.129. The summed E-state index contributed by atoms with van der Waals surface area (Å²) in [6.07, 6.45) is 3.80. The molecule has 2 aliphatic rings.